The van der Waals surface area contributed by atoms with Crippen LogP contribution in [0, 0.1) is 18.8 Å². The molecule has 0 aliphatic carbocycles. The number of carbonyl (C=O) groups is 1. The third kappa shape index (κ3) is 5.45. The number of ketones is 1. The van der Waals surface area contributed by atoms with Gasteiger partial charge in [-0.05, 0) is 57.1 Å². The highest BCUT2D eigenvalue weighted by Crippen LogP contribution is 2.27. The van der Waals surface area contributed by atoms with Crippen LogP contribution < -0.4 is 5.32 Å². The molecule has 1 fully saturated rings. The number of carbonyl (C=O) groups excluding carboxylic acids is 1. The first-order valence-electron chi connectivity index (χ1n) is 10.8. The van der Waals surface area contributed by atoms with Gasteiger partial charge in [0.15, 0.2) is 5.78 Å². The molecule has 0 aromatic heterocycles. The standard InChI is InChI=1S/C25H34N2O2/c1-5-23(21-9-10-24(19(4)28)17(2)15-21)25-26-16-22(18(3)27-25)8-6-7-20-11-13-29-14-12-20/h5,9-10,15,20,22,26H,1,6-8,11-14,16H2,2-4H3/b25-23-. The van der Waals surface area contributed by atoms with Gasteiger partial charge in [-0.15, -0.1) is 0 Å². The van der Waals surface area contributed by atoms with Crippen LogP contribution in [0.3, 0.4) is 0 Å². The molecule has 1 atom stereocenters. The van der Waals surface area contributed by atoms with Crippen molar-refractivity contribution in [3.8, 4) is 0 Å². The molecule has 4 heteroatoms. The van der Waals surface area contributed by atoms with E-state index >= 15 is 0 Å². The van der Waals surface area contributed by atoms with Crippen molar-refractivity contribution in [2.24, 2.45) is 16.8 Å². The molecule has 1 aromatic rings. The van der Waals surface area contributed by atoms with Crippen LogP contribution in [-0.4, -0.2) is 31.3 Å². The van der Waals surface area contributed by atoms with E-state index in [1.807, 2.05) is 31.2 Å². The highest BCUT2D eigenvalue weighted by atomic mass is 16.5. The van der Waals surface area contributed by atoms with E-state index in [0.29, 0.717) is 5.92 Å². The van der Waals surface area contributed by atoms with Crippen LogP contribution in [0.1, 0.15) is 67.4 Å². The number of hydrogen-bond donors (Lipinski definition) is 1. The van der Waals surface area contributed by atoms with Crippen molar-refractivity contribution in [3.05, 3.63) is 53.4 Å². The van der Waals surface area contributed by atoms with Gasteiger partial charge in [0.25, 0.3) is 0 Å². The number of nitrogens with zero attached hydrogens (tertiary/aromatic N) is 1. The lowest BCUT2D eigenvalue weighted by molar-refractivity contribution is 0.0629. The smallest absolute Gasteiger partial charge is 0.160 e. The van der Waals surface area contributed by atoms with Crippen molar-refractivity contribution in [3.63, 3.8) is 0 Å². The third-order valence-corrected chi connectivity index (χ3v) is 6.28. The summed E-state index contributed by atoms with van der Waals surface area (Å²) in [6.45, 7) is 12.5. The first-order chi connectivity index (χ1) is 14.0. The molecule has 0 spiro atoms. The summed E-state index contributed by atoms with van der Waals surface area (Å²) in [6, 6.07) is 5.93. The largest absolute Gasteiger partial charge is 0.381 e. The Morgan fingerprint density at radius 3 is 2.66 bits per heavy atom. The molecule has 2 aliphatic rings. The molecule has 0 radical (unpaired) electrons. The first kappa shape index (κ1) is 21.5. The maximum absolute atomic E-state index is 11.7. The third-order valence-electron chi connectivity index (χ3n) is 6.28. The average molecular weight is 395 g/mol. The zero-order chi connectivity index (χ0) is 20.8. The molecule has 1 unspecified atom stereocenters. The maximum Gasteiger partial charge on any atom is 0.160 e. The van der Waals surface area contributed by atoms with Crippen molar-refractivity contribution in [2.45, 2.75) is 52.9 Å². The Morgan fingerprint density at radius 2 is 2.03 bits per heavy atom. The summed E-state index contributed by atoms with van der Waals surface area (Å²) < 4.78 is 5.46. The van der Waals surface area contributed by atoms with Gasteiger partial charge < -0.3 is 10.1 Å². The van der Waals surface area contributed by atoms with Gasteiger partial charge in [-0.1, -0.05) is 43.7 Å². The Balaban J connectivity index is 1.68. The second-order valence-electron chi connectivity index (χ2n) is 8.37. The predicted octanol–water partition coefficient (Wildman–Crippen LogP) is 5.33. The SMILES string of the molecule is C=C/C(=C1/N=C(C)C(CCCC2CCOCC2)CN1)c1ccc(C(C)=O)c(C)c1. The van der Waals surface area contributed by atoms with Crippen LogP contribution in [0.2, 0.25) is 0 Å². The van der Waals surface area contributed by atoms with Gasteiger partial charge in [-0.3, -0.25) is 4.79 Å². The number of aryl methyl sites for hydroxylation is 1. The molecule has 0 amide bonds. The predicted molar refractivity (Wildman–Crippen MR) is 120 cm³/mol. The number of allylic oxidation sites excluding steroid dienone is 2. The number of aliphatic imine (C=N–C) groups is 1. The zero-order valence-electron chi connectivity index (χ0n) is 18.1. The van der Waals surface area contributed by atoms with Crippen molar-refractivity contribution in [2.75, 3.05) is 19.8 Å². The highest BCUT2D eigenvalue weighted by Gasteiger charge is 2.21. The maximum atomic E-state index is 11.7. The van der Waals surface area contributed by atoms with E-state index < -0.39 is 0 Å². The van der Waals surface area contributed by atoms with Crippen molar-refractivity contribution in [1.29, 1.82) is 0 Å². The summed E-state index contributed by atoms with van der Waals surface area (Å²) in [6.07, 6.45) is 8.02. The van der Waals surface area contributed by atoms with Gasteiger partial charge in [-0.2, -0.15) is 0 Å². The van der Waals surface area contributed by atoms with Gasteiger partial charge in [0, 0.05) is 42.5 Å². The summed E-state index contributed by atoms with van der Waals surface area (Å²) in [5.74, 6) is 2.30. The molecule has 29 heavy (non-hydrogen) atoms. The lowest BCUT2D eigenvalue weighted by atomic mass is 9.89. The highest BCUT2D eigenvalue weighted by molar-refractivity contribution is 5.96. The van der Waals surface area contributed by atoms with Gasteiger partial charge in [0.2, 0.25) is 0 Å². The average Bonchev–Trinajstić information content (AvgIpc) is 2.71. The Labute approximate surface area is 175 Å². The van der Waals surface area contributed by atoms with Crippen LogP contribution >= 0.6 is 0 Å². The minimum absolute atomic E-state index is 0.0927. The molecule has 1 N–H and O–H groups in total. The van der Waals surface area contributed by atoms with E-state index in [2.05, 4.69) is 18.8 Å². The van der Waals surface area contributed by atoms with Gasteiger partial charge in [-0.25, -0.2) is 4.99 Å². The first-order valence-corrected chi connectivity index (χ1v) is 10.8. The van der Waals surface area contributed by atoms with Gasteiger partial charge >= 0.3 is 0 Å². The van der Waals surface area contributed by atoms with E-state index in [1.165, 1.54) is 37.8 Å². The van der Waals surface area contributed by atoms with E-state index in [9.17, 15) is 4.79 Å². The summed E-state index contributed by atoms with van der Waals surface area (Å²) in [4.78, 5) is 16.6. The number of rotatable bonds is 7. The monoisotopic (exact) mass is 394 g/mol. The van der Waals surface area contributed by atoms with Gasteiger partial charge in [0.1, 0.15) is 5.82 Å². The fourth-order valence-electron chi connectivity index (χ4n) is 4.41. The van der Waals surface area contributed by atoms with Crippen LogP contribution in [-0.2, 0) is 4.74 Å². The van der Waals surface area contributed by atoms with E-state index in [0.717, 1.165) is 53.8 Å². The van der Waals surface area contributed by atoms with Crippen molar-refractivity contribution < 1.29 is 9.53 Å². The zero-order valence-corrected chi connectivity index (χ0v) is 18.1. The molecule has 0 saturated carbocycles. The van der Waals surface area contributed by atoms with E-state index in [1.54, 1.807) is 6.92 Å². The van der Waals surface area contributed by atoms with Crippen LogP contribution in [0.4, 0.5) is 0 Å². The molecule has 3 rings (SSSR count). The van der Waals surface area contributed by atoms with E-state index in [-0.39, 0.29) is 5.78 Å². The quantitative estimate of drug-likeness (QED) is 0.636. The number of ether oxygens (including phenoxy) is 1. The number of benzene rings is 1. The van der Waals surface area contributed by atoms with Crippen molar-refractivity contribution in [1.82, 2.24) is 5.32 Å². The summed E-state index contributed by atoms with van der Waals surface area (Å²) >= 11 is 0. The molecule has 4 nitrogen and oxygen atoms in total. The Bertz CT molecular complexity index is 816. The van der Waals surface area contributed by atoms with E-state index in [4.69, 9.17) is 9.73 Å². The molecule has 0 bridgehead atoms. The molecular formula is C25H34N2O2. The Hall–Kier alpha value is -2.20. The normalized spacial score (nSPS) is 21.9. The topological polar surface area (TPSA) is 50.7 Å². The Kier molecular flexibility index (Phi) is 7.43. The fraction of sp³-hybridized carbons (Fsp3) is 0.520. The Morgan fingerprint density at radius 1 is 1.28 bits per heavy atom. The second-order valence-corrected chi connectivity index (χ2v) is 8.37. The minimum Gasteiger partial charge on any atom is -0.381 e. The van der Waals surface area contributed by atoms with Crippen LogP contribution in [0.15, 0.2) is 41.7 Å². The fourth-order valence-corrected chi connectivity index (χ4v) is 4.41. The second kappa shape index (κ2) is 10.0. The molecule has 2 aliphatic heterocycles. The summed E-state index contributed by atoms with van der Waals surface area (Å²) in [7, 11) is 0. The molecule has 2 heterocycles. The van der Waals surface area contributed by atoms with Crippen LogP contribution in [0.5, 0.6) is 0 Å². The number of Topliss-reactive ketones (excluding diaryl/α,β-unsaturated/α-hetero) is 1. The molecule has 156 valence electrons. The summed E-state index contributed by atoms with van der Waals surface area (Å²) in [5.41, 5.74) is 4.98. The molecule has 1 saturated heterocycles. The van der Waals surface area contributed by atoms with Crippen LogP contribution in [0.25, 0.3) is 5.57 Å². The summed E-state index contributed by atoms with van der Waals surface area (Å²) in [5, 5.41) is 3.53. The number of nitrogens with one attached hydrogen (secondary N) is 1. The van der Waals surface area contributed by atoms with Gasteiger partial charge in [0.05, 0.1) is 0 Å². The lowest BCUT2D eigenvalue weighted by Gasteiger charge is -2.27. The molecular weight excluding hydrogens is 360 g/mol. The number of hydrogen-bond acceptors (Lipinski definition) is 4. The van der Waals surface area contributed by atoms with Crippen molar-refractivity contribution >= 4 is 17.1 Å². The lowest BCUT2D eigenvalue weighted by Crippen LogP contribution is -2.32. The minimum atomic E-state index is 0.0927. The molecule has 1 aromatic carbocycles.